The molecule has 1 amide bonds. The number of non-ortho nitro benzene ring substituents is 1. The van der Waals surface area contributed by atoms with Gasteiger partial charge in [-0.2, -0.15) is 0 Å². The number of amides is 1. The van der Waals surface area contributed by atoms with Crippen LogP contribution in [0.4, 0.5) is 5.69 Å². The Kier molecular flexibility index (Phi) is 4.11. The highest BCUT2D eigenvalue weighted by Gasteiger charge is 2.20. The van der Waals surface area contributed by atoms with Gasteiger partial charge in [0.25, 0.3) is 5.69 Å². The van der Waals surface area contributed by atoms with Crippen LogP contribution in [0, 0.1) is 10.1 Å². The van der Waals surface area contributed by atoms with E-state index in [-0.39, 0.29) is 11.6 Å². The van der Waals surface area contributed by atoms with Crippen molar-refractivity contribution in [3.05, 3.63) is 39.9 Å². The van der Waals surface area contributed by atoms with Crippen LogP contribution >= 0.6 is 0 Å². The van der Waals surface area contributed by atoms with Crippen molar-refractivity contribution in [1.29, 1.82) is 0 Å². The molecule has 6 heteroatoms. The maximum atomic E-state index is 12.1. The molecule has 0 aromatic heterocycles. The summed E-state index contributed by atoms with van der Waals surface area (Å²) in [6.45, 7) is 4.29. The second-order valence-electron chi connectivity index (χ2n) is 4.80. The molecule has 1 saturated heterocycles. The van der Waals surface area contributed by atoms with Crippen molar-refractivity contribution in [2.75, 3.05) is 19.6 Å². The highest BCUT2D eigenvalue weighted by atomic mass is 16.6. The SMILES string of the molecule is C[C@@H]1CN(C(=O)Cc2ccc([N+](=O)[O-])cc2)CCN1. The summed E-state index contributed by atoms with van der Waals surface area (Å²) in [7, 11) is 0. The normalized spacial score (nSPS) is 19.2. The van der Waals surface area contributed by atoms with E-state index in [1.165, 1.54) is 12.1 Å². The summed E-state index contributed by atoms with van der Waals surface area (Å²) in [6.07, 6.45) is 0.296. The van der Waals surface area contributed by atoms with Gasteiger partial charge in [-0.25, -0.2) is 0 Å². The molecule has 0 bridgehead atoms. The minimum Gasteiger partial charge on any atom is -0.340 e. The molecule has 1 aliphatic rings. The second kappa shape index (κ2) is 5.79. The number of rotatable bonds is 3. The van der Waals surface area contributed by atoms with Crippen molar-refractivity contribution in [2.45, 2.75) is 19.4 Å². The summed E-state index contributed by atoms with van der Waals surface area (Å²) >= 11 is 0. The summed E-state index contributed by atoms with van der Waals surface area (Å²) in [4.78, 5) is 24.0. The van der Waals surface area contributed by atoms with Gasteiger partial charge in [-0.3, -0.25) is 14.9 Å². The van der Waals surface area contributed by atoms with E-state index >= 15 is 0 Å². The largest absolute Gasteiger partial charge is 0.340 e. The Hall–Kier alpha value is -1.95. The van der Waals surface area contributed by atoms with E-state index in [0.717, 1.165) is 18.7 Å². The van der Waals surface area contributed by atoms with E-state index in [1.807, 2.05) is 11.8 Å². The predicted octanol–water partition coefficient (Wildman–Crippen LogP) is 0.958. The highest BCUT2D eigenvalue weighted by Crippen LogP contribution is 2.13. The van der Waals surface area contributed by atoms with Crippen molar-refractivity contribution < 1.29 is 9.72 Å². The molecule has 0 unspecified atom stereocenters. The molecule has 6 nitrogen and oxygen atoms in total. The maximum Gasteiger partial charge on any atom is 0.269 e. The molecule has 0 aliphatic carbocycles. The molecule has 1 aromatic rings. The minimum atomic E-state index is -0.441. The van der Waals surface area contributed by atoms with Crippen LogP contribution in [0.15, 0.2) is 24.3 Å². The van der Waals surface area contributed by atoms with Crippen molar-refractivity contribution >= 4 is 11.6 Å². The third-order valence-electron chi connectivity index (χ3n) is 3.22. The zero-order chi connectivity index (χ0) is 13.8. The van der Waals surface area contributed by atoms with Gasteiger partial charge in [0.05, 0.1) is 11.3 Å². The topological polar surface area (TPSA) is 75.5 Å². The van der Waals surface area contributed by atoms with E-state index in [2.05, 4.69) is 5.32 Å². The van der Waals surface area contributed by atoms with Crippen LogP contribution in [-0.4, -0.2) is 41.4 Å². The van der Waals surface area contributed by atoms with Gasteiger partial charge < -0.3 is 10.2 Å². The molecule has 1 heterocycles. The molecular formula is C13H17N3O3. The van der Waals surface area contributed by atoms with Gasteiger partial charge in [0, 0.05) is 37.8 Å². The molecule has 1 N–H and O–H groups in total. The lowest BCUT2D eigenvalue weighted by Crippen LogP contribution is -2.51. The van der Waals surface area contributed by atoms with Crippen LogP contribution in [0.3, 0.4) is 0 Å². The first-order valence-corrected chi connectivity index (χ1v) is 6.31. The van der Waals surface area contributed by atoms with Crippen molar-refractivity contribution in [3.8, 4) is 0 Å². The maximum absolute atomic E-state index is 12.1. The monoisotopic (exact) mass is 263 g/mol. The quantitative estimate of drug-likeness (QED) is 0.651. The summed E-state index contributed by atoms with van der Waals surface area (Å²) < 4.78 is 0. The van der Waals surface area contributed by atoms with Gasteiger partial charge >= 0.3 is 0 Å². The van der Waals surface area contributed by atoms with Crippen LogP contribution in [-0.2, 0) is 11.2 Å². The predicted molar refractivity (Wildman–Crippen MR) is 70.8 cm³/mol. The third-order valence-corrected chi connectivity index (χ3v) is 3.22. The number of carbonyl (C=O) groups is 1. The molecule has 102 valence electrons. The fourth-order valence-electron chi connectivity index (χ4n) is 2.18. The molecule has 1 fully saturated rings. The first-order valence-electron chi connectivity index (χ1n) is 6.31. The fourth-order valence-corrected chi connectivity index (χ4v) is 2.18. The molecule has 1 atom stereocenters. The number of benzene rings is 1. The Balaban J connectivity index is 1.96. The molecule has 0 spiro atoms. The third kappa shape index (κ3) is 3.51. The van der Waals surface area contributed by atoms with Gasteiger partial charge in [-0.15, -0.1) is 0 Å². The van der Waals surface area contributed by atoms with E-state index < -0.39 is 4.92 Å². The smallest absolute Gasteiger partial charge is 0.269 e. The Bertz CT molecular complexity index is 473. The van der Waals surface area contributed by atoms with Crippen LogP contribution in [0.25, 0.3) is 0 Å². The number of nitro groups is 1. The number of nitro benzene ring substituents is 1. The fraction of sp³-hybridized carbons (Fsp3) is 0.462. The first-order chi connectivity index (χ1) is 9.06. The Morgan fingerprint density at radius 1 is 1.47 bits per heavy atom. The molecule has 19 heavy (non-hydrogen) atoms. The van der Waals surface area contributed by atoms with Gasteiger partial charge in [0.2, 0.25) is 5.91 Å². The van der Waals surface area contributed by atoms with Crippen LogP contribution in [0.2, 0.25) is 0 Å². The van der Waals surface area contributed by atoms with Crippen LogP contribution in [0.1, 0.15) is 12.5 Å². The lowest BCUT2D eigenvalue weighted by molar-refractivity contribution is -0.384. The van der Waals surface area contributed by atoms with Crippen LogP contribution < -0.4 is 5.32 Å². The molecule has 2 rings (SSSR count). The highest BCUT2D eigenvalue weighted by molar-refractivity contribution is 5.79. The average molecular weight is 263 g/mol. The van der Waals surface area contributed by atoms with E-state index in [9.17, 15) is 14.9 Å². The Morgan fingerprint density at radius 2 is 2.16 bits per heavy atom. The lowest BCUT2D eigenvalue weighted by Gasteiger charge is -2.32. The number of nitrogens with zero attached hydrogens (tertiary/aromatic N) is 2. The van der Waals surface area contributed by atoms with Crippen molar-refractivity contribution in [1.82, 2.24) is 10.2 Å². The molecule has 1 aromatic carbocycles. The number of hydrogen-bond acceptors (Lipinski definition) is 4. The summed E-state index contributed by atoms with van der Waals surface area (Å²) in [5.41, 5.74) is 0.855. The number of carbonyl (C=O) groups excluding carboxylic acids is 1. The number of piperazine rings is 1. The van der Waals surface area contributed by atoms with Crippen molar-refractivity contribution in [2.24, 2.45) is 0 Å². The summed E-state index contributed by atoms with van der Waals surface area (Å²) in [5.74, 6) is 0.0715. The zero-order valence-corrected chi connectivity index (χ0v) is 10.8. The molecule has 0 radical (unpaired) electrons. The van der Waals surface area contributed by atoms with Gasteiger partial charge in [0.15, 0.2) is 0 Å². The standard InChI is InChI=1S/C13H17N3O3/c1-10-9-15(7-6-14-10)13(17)8-11-2-4-12(5-3-11)16(18)19/h2-5,10,14H,6-9H2,1H3/t10-/m1/s1. The molecular weight excluding hydrogens is 246 g/mol. The zero-order valence-electron chi connectivity index (χ0n) is 10.8. The number of nitrogens with one attached hydrogen (secondary N) is 1. The van der Waals surface area contributed by atoms with Gasteiger partial charge in [-0.05, 0) is 12.5 Å². The van der Waals surface area contributed by atoms with E-state index in [4.69, 9.17) is 0 Å². The van der Waals surface area contributed by atoms with Gasteiger partial charge in [-0.1, -0.05) is 12.1 Å². The summed E-state index contributed by atoms with van der Waals surface area (Å²) in [6, 6.07) is 6.46. The Labute approximate surface area is 111 Å². The molecule has 0 saturated carbocycles. The van der Waals surface area contributed by atoms with Gasteiger partial charge in [0.1, 0.15) is 0 Å². The van der Waals surface area contributed by atoms with E-state index in [0.29, 0.717) is 19.0 Å². The van der Waals surface area contributed by atoms with E-state index in [1.54, 1.807) is 12.1 Å². The summed E-state index contributed by atoms with van der Waals surface area (Å²) in [5, 5.41) is 13.8. The molecule has 1 aliphatic heterocycles. The average Bonchev–Trinajstić information content (AvgIpc) is 2.39. The number of hydrogen-bond donors (Lipinski definition) is 1. The minimum absolute atomic E-state index is 0.0481. The first kappa shape index (κ1) is 13.5. The van der Waals surface area contributed by atoms with Crippen molar-refractivity contribution in [3.63, 3.8) is 0 Å². The van der Waals surface area contributed by atoms with Crippen LogP contribution in [0.5, 0.6) is 0 Å². The lowest BCUT2D eigenvalue weighted by atomic mass is 10.1. The second-order valence-corrected chi connectivity index (χ2v) is 4.80. The Morgan fingerprint density at radius 3 is 2.74 bits per heavy atom.